The van der Waals surface area contributed by atoms with Crippen molar-refractivity contribution in [2.45, 2.75) is 44.2 Å². The van der Waals surface area contributed by atoms with Gasteiger partial charge >= 0.3 is 0 Å². The van der Waals surface area contributed by atoms with Crippen molar-refractivity contribution < 1.29 is 0 Å². The van der Waals surface area contributed by atoms with Gasteiger partial charge in [-0.05, 0) is 96.1 Å². The number of aromatic amines is 1. The SMILES string of the molecule is O=c1[nH]c([C@@H]2CCCN2)nc2ccc(-c3ccc4cc(C5=CN=C([C@@H]6CCCN6)C5)ccc4c3)cc12. The number of hydrogen-bond acceptors (Lipinski definition) is 5. The molecular weight excluding hydrogens is 446 g/mol. The van der Waals surface area contributed by atoms with E-state index in [9.17, 15) is 4.79 Å². The molecule has 0 spiro atoms. The molecule has 0 radical (unpaired) electrons. The number of H-pyrrole nitrogens is 1. The molecule has 2 atom stereocenters. The third-order valence-corrected chi connectivity index (χ3v) is 7.88. The molecule has 4 heterocycles. The van der Waals surface area contributed by atoms with Gasteiger partial charge < -0.3 is 15.6 Å². The highest BCUT2D eigenvalue weighted by Crippen LogP contribution is 2.31. The standard InChI is InChI=1S/C30H29N5O/c36-30-24-15-22(9-10-25(24)34-29(35-30)27-4-2-12-32-27)20-6-5-19-14-21(8-7-18(19)13-20)23-16-28(33-17-23)26-3-1-11-31-26/h5-10,13-15,17,26-27,31-32H,1-4,11-12,16H2,(H,34,35,36)/t26-,27-/m0/s1. The number of benzene rings is 3. The summed E-state index contributed by atoms with van der Waals surface area (Å²) in [5, 5.41) is 9.99. The van der Waals surface area contributed by atoms with Crippen LogP contribution in [0.25, 0.3) is 38.4 Å². The fourth-order valence-corrected chi connectivity index (χ4v) is 5.85. The largest absolute Gasteiger partial charge is 0.309 e. The number of fused-ring (bicyclic) bond motifs is 2. The first-order valence-electron chi connectivity index (χ1n) is 13.0. The van der Waals surface area contributed by atoms with Gasteiger partial charge in [-0.1, -0.05) is 30.3 Å². The van der Waals surface area contributed by atoms with Crippen LogP contribution in [0, 0.1) is 0 Å². The smallest absolute Gasteiger partial charge is 0.258 e. The zero-order valence-electron chi connectivity index (χ0n) is 20.2. The average molecular weight is 476 g/mol. The second kappa shape index (κ2) is 8.80. The summed E-state index contributed by atoms with van der Waals surface area (Å²) in [6, 6.07) is 19.7. The van der Waals surface area contributed by atoms with Crippen LogP contribution in [0.15, 0.2) is 70.6 Å². The summed E-state index contributed by atoms with van der Waals surface area (Å²) in [6.45, 7) is 2.07. The second-order valence-electron chi connectivity index (χ2n) is 10.2. The molecule has 1 aromatic heterocycles. The topological polar surface area (TPSA) is 82.2 Å². The van der Waals surface area contributed by atoms with Crippen molar-refractivity contribution in [2.75, 3.05) is 13.1 Å². The molecule has 0 amide bonds. The minimum atomic E-state index is -0.0739. The molecule has 0 unspecified atom stereocenters. The van der Waals surface area contributed by atoms with E-state index in [-0.39, 0.29) is 11.6 Å². The third-order valence-electron chi connectivity index (χ3n) is 7.88. The molecule has 2 fully saturated rings. The van der Waals surface area contributed by atoms with Gasteiger partial charge in [0.05, 0.1) is 16.9 Å². The minimum Gasteiger partial charge on any atom is -0.309 e. The summed E-state index contributed by atoms with van der Waals surface area (Å²) >= 11 is 0. The van der Waals surface area contributed by atoms with Gasteiger partial charge in [-0.2, -0.15) is 0 Å². The van der Waals surface area contributed by atoms with Crippen LogP contribution in [0.3, 0.4) is 0 Å². The Morgan fingerprint density at radius 3 is 2.25 bits per heavy atom. The van der Waals surface area contributed by atoms with Crippen molar-refractivity contribution in [3.8, 4) is 11.1 Å². The molecule has 6 heteroatoms. The van der Waals surface area contributed by atoms with Gasteiger partial charge in [0, 0.05) is 24.4 Å². The van der Waals surface area contributed by atoms with E-state index in [2.05, 4.69) is 58.1 Å². The van der Waals surface area contributed by atoms with Crippen LogP contribution in [0.4, 0.5) is 0 Å². The van der Waals surface area contributed by atoms with E-state index in [0.717, 1.165) is 54.8 Å². The van der Waals surface area contributed by atoms with Crippen molar-refractivity contribution in [1.82, 2.24) is 20.6 Å². The Bertz CT molecular complexity index is 1600. The maximum Gasteiger partial charge on any atom is 0.258 e. The van der Waals surface area contributed by atoms with E-state index in [4.69, 9.17) is 9.98 Å². The third kappa shape index (κ3) is 3.87. The first-order chi connectivity index (χ1) is 17.7. The van der Waals surface area contributed by atoms with E-state index in [1.165, 1.54) is 40.5 Å². The van der Waals surface area contributed by atoms with Crippen molar-refractivity contribution in [3.05, 3.63) is 82.5 Å². The molecule has 0 bridgehead atoms. The number of nitrogens with one attached hydrogen (secondary N) is 3. The van der Waals surface area contributed by atoms with Gasteiger partial charge in [-0.3, -0.25) is 9.79 Å². The quantitative estimate of drug-likeness (QED) is 0.383. The first-order valence-corrected chi connectivity index (χ1v) is 13.0. The summed E-state index contributed by atoms with van der Waals surface area (Å²) in [5.41, 5.74) is 6.58. The molecule has 0 aliphatic carbocycles. The van der Waals surface area contributed by atoms with Gasteiger partial charge in [0.1, 0.15) is 5.82 Å². The van der Waals surface area contributed by atoms with Crippen LogP contribution in [0.5, 0.6) is 0 Å². The minimum absolute atomic E-state index is 0.0739. The highest BCUT2D eigenvalue weighted by atomic mass is 16.1. The Morgan fingerprint density at radius 2 is 1.47 bits per heavy atom. The van der Waals surface area contributed by atoms with E-state index >= 15 is 0 Å². The fourth-order valence-electron chi connectivity index (χ4n) is 5.85. The normalized spacial score (nSPS) is 21.9. The van der Waals surface area contributed by atoms with Crippen LogP contribution in [-0.4, -0.2) is 34.8 Å². The number of aromatic nitrogens is 2. The molecule has 3 aromatic carbocycles. The highest BCUT2D eigenvalue weighted by Gasteiger charge is 2.24. The summed E-state index contributed by atoms with van der Waals surface area (Å²) in [5.74, 6) is 0.744. The van der Waals surface area contributed by atoms with Gasteiger partial charge in [0.2, 0.25) is 0 Å². The van der Waals surface area contributed by atoms with Crippen LogP contribution in [-0.2, 0) is 0 Å². The maximum absolute atomic E-state index is 12.9. The van der Waals surface area contributed by atoms with Crippen LogP contribution >= 0.6 is 0 Å². The molecule has 0 saturated carbocycles. The van der Waals surface area contributed by atoms with Crippen molar-refractivity contribution in [1.29, 1.82) is 0 Å². The summed E-state index contributed by atoms with van der Waals surface area (Å²) in [7, 11) is 0. The number of aliphatic imine (C=N–C) groups is 1. The Balaban J connectivity index is 1.16. The molecular formula is C30H29N5O. The zero-order chi connectivity index (χ0) is 24.1. The lowest BCUT2D eigenvalue weighted by Gasteiger charge is -2.12. The van der Waals surface area contributed by atoms with Crippen LogP contribution in [0.1, 0.15) is 49.5 Å². The van der Waals surface area contributed by atoms with E-state index < -0.39 is 0 Å². The number of allylic oxidation sites excluding steroid dienone is 1. The molecule has 3 aliphatic heterocycles. The molecule has 180 valence electrons. The van der Waals surface area contributed by atoms with Gasteiger partial charge in [-0.15, -0.1) is 0 Å². The van der Waals surface area contributed by atoms with Gasteiger partial charge in [0.25, 0.3) is 5.56 Å². The van der Waals surface area contributed by atoms with Crippen molar-refractivity contribution in [2.24, 2.45) is 4.99 Å². The van der Waals surface area contributed by atoms with E-state index in [1.807, 2.05) is 18.3 Å². The lowest BCUT2D eigenvalue weighted by molar-refractivity contribution is 0.606. The predicted octanol–water partition coefficient (Wildman–Crippen LogP) is 5.11. The summed E-state index contributed by atoms with van der Waals surface area (Å²) < 4.78 is 0. The van der Waals surface area contributed by atoms with Crippen LogP contribution < -0.4 is 16.2 Å². The Hall–Kier alpha value is -3.61. The Labute approximate surface area is 209 Å². The number of nitrogens with zero attached hydrogens (tertiary/aromatic N) is 2. The Morgan fingerprint density at radius 1 is 0.778 bits per heavy atom. The molecule has 2 saturated heterocycles. The Kier molecular flexibility index (Phi) is 5.29. The molecule has 3 aliphatic rings. The summed E-state index contributed by atoms with van der Waals surface area (Å²) in [6.07, 6.45) is 7.52. The molecule has 3 N–H and O–H groups in total. The average Bonchev–Trinajstić information content (AvgIpc) is 3.70. The number of hydrogen-bond donors (Lipinski definition) is 3. The second-order valence-corrected chi connectivity index (χ2v) is 10.2. The van der Waals surface area contributed by atoms with Crippen LogP contribution in [0.2, 0.25) is 0 Å². The lowest BCUT2D eigenvalue weighted by Crippen LogP contribution is -2.29. The molecule has 4 aromatic rings. The first kappa shape index (κ1) is 21.7. The maximum atomic E-state index is 12.9. The van der Waals surface area contributed by atoms with E-state index in [0.29, 0.717) is 11.4 Å². The van der Waals surface area contributed by atoms with Crippen molar-refractivity contribution >= 4 is 33.0 Å². The predicted molar refractivity (Wildman–Crippen MR) is 146 cm³/mol. The fraction of sp³-hybridized carbons (Fsp3) is 0.300. The van der Waals surface area contributed by atoms with E-state index in [1.54, 1.807) is 0 Å². The van der Waals surface area contributed by atoms with Gasteiger partial charge in [-0.25, -0.2) is 4.98 Å². The number of rotatable bonds is 4. The van der Waals surface area contributed by atoms with Crippen molar-refractivity contribution in [3.63, 3.8) is 0 Å². The molecule has 36 heavy (non-hydrogen) atoms. The summed E-state index contributed by atoms with van der Waals surface area (Å²) in [4.78, 5) is 25.4. The lowest BCUT2D eigenvalue weighted by atomic mass is 9.95. The zero-order valence-corrected chi connectivity index (χ0v) is 20.2. The molecule has 7 rings (SSSR count). The molecule has 6 nitrogen and oxygen atoms in total. The highest BCUT2D eigenvalue weighted by molar-refractivity contribution is 6.02. The monoisotopic (exact) mass is 475 g/mol. The van der Waals surface area contributed by atoms with Gasteiger partial charge in [0.15, 0.2) is 0 Å².